The molecule has 20 heavy (non-hydrogen) atoms. The second-order valence-corrected chi connectivity index (χ2v) is 5.96. The molecule has 1 radical (unpaired) electrons. The fourth-order valence-corrected chi connectivity index (χ4v) is 4.81. The van der Waals surface area contributed by atoms with Crippen LogP contribution in [0.15, 0.2) is 48.5 Å². The summed E-state index contributed by atoms with van der Waals surface area (Å²) in [5, 5.41) is 2.81. The summed E-state index contributed by atoms with van der Waals surface area (Å²) in [6, 6.07) is 17.4. The zero-order valence-corrected chi connectivity index (χ0v) is 16.5. The van der Waals surface area contributed by atoms with E-state index in [1.165, 1.54) is 29.6 Å². The number of rotatable bonds is 0. The van der Waals surface area contributed by atoms with Crippen LogP contribution in [0.2, 0.25) is 0 Å². The second-order valence-electron chi connectivity index (χ2n) is 3.85. The zero-order valence-electron chi connectivity index (χ0n) is 12.0. The normalized spacial score (nSPS) is 9.70. The van der Waals surface area contributed by atoms with Crippen molar-refractivity contribution in [3.8, 4) is 0 Å². The van der Waals surface area contributed by atoms with Crippen LogP contribution >= 0.6 is 22.7 Å². The minimum absolute atomic E-state index is 0. The summed E-state index contributed by atoms with van der Waals surface area (Å²) < 4.78 is 5.69. The molecular formula is C17H17S2Y-. The summed E-state index contributed by atoms with van der Waals surface area (Å²) in [5.74, 6) is 0. The van der Waals surface area contributed by atoms with Crippen LogP contribution in [0.1, 0.15) is 13.8 Å². The third-order valence-electron chi connectivity index (χ3n) is 2.89. The van der Waals surface area contributed by atoms with Gasteiger partial charge < -0.3 is 7.43 Å². The van der Waals surface area contributed by atoms with Crippen LogP contribution in [0.5, 0.6) is 0 Å². The third-order valence-corrected chi connectivity index (χ3v) is 5.43. The summed E-state index contributed by atoms with van der Waals surface area (Å²) >= 11 is 3.82. The first kappa shape index (κ1) is 17.8. The van der Waals surface area contributed by atoms with Gasteiger partial charge in [0.15, 0.2) is 0 Å². The molecule has 0 saturated carbocycles. The number of benzene rings is 2. The van der Waals surface area contributed by atoms with Crippen LogP contribution in [0.4, 0.5) is 0 Å². The quantitative estimate of drug-likeness (QED) is 0.299. The third kappa shape index (κ3) is 2.85. The molecule has 0 aliphatic carbocycles. The molecule has 0 nitrogen and oxygen atoms in total. The SMILES string of the molecule is CC.[CH3-].[Y].c1ccc2c(c1)sc1c3ccccc3sc21. The van der Waals surface area contributed by atoms with Crippen molar-refractivity contribution in [3.63, 3.8) is 0 Å². The van der Waals surface area contributed by atoms with E-state index < -0.39 is 0 Å². The van der Waals surface area contributed by atoms with Crippen LogP contribution < -0.4 is 0 Å². The Morgan fingerprint density at radius 1 is 0.650 bits per heavy atom. The van der Waals surface area contributed by atoms with E-state index in [9.17, 15) is 0 Å². The van der Waals surface area contributed by atoms with Gasteiger partial charge in [-0.2, -0.15) is 0 Å². The molecule has 0 aliphatic rings. The molecule has 2 aromatic heterocycles. The van der Waals surface area contributed by atoms with Crippen molar-refractivity contribution in [2.45, 2.75) is 13.8 Å². The molecule has 0 unspecified atom stereocenters. The fraction of sp³-hybridized carbons (Fsp3) is 0.118. The van der Waals surface area contributed by atoms with Crippen LogP contribution in [-0.4, -0.2) is 0 Å². The van der Waals surface area contributed by atoms with Crippen molar-refractivity contribution < 1.29 is 32.7 Å². The molecule has 0 atom stereocenters. The van der Waals surface area contributed by atoms with Gasteiger partial charge in [0.1, 0.15) is 0 Å². The van der Waals surface area contributed by atoms with E-state index >= 15 is 0 Å². The average molecular weight is 374 g/mol. The van der Waals surface area contributed by atoms with Crippen LogP contribution in [0, 0.1) is 7.43 Å². The van der Waals surface area contributed by atoms with Gasteiger partial charge in [0, 0.05) is 52.9 Å². The molecule has 0 N–H and O–H groups in total. The Kier molecular flexibility index (Phi) is 6.80. The summed E-state index contributed by atoms with van der Waals surface area (Å²) in [4.78, 5) is 0. The van der Waals surface area contributed by atoms with Gasteiger partial charge in [-0.3, -0.25) is 0 Å². The summed E-state index contributed by atoms with van der Waals surface area (Å²) in [5.41, 5.74) is 0. The smallest absolute Gasteiger partial charge is 0.0542 e. The van der Waals surface area contributed by atoms with E-state index in [0.29, 0.717) is 0 Å². The van der Waals surface area contributed by atoms with Gasteiger partial charge in [0.2, 0.25) is 0 Å². The van der Waals surface area contributed by atoms with Crippen molar-refractivity contribution in [1.82, 2.24) is 0 Å². The van der Waals surface area contributed by atoms with Gasteiger partial charge in [-0.15, -0.1) is 22.7 Å². The Hall–Kier alpha value is -0.276. The van der Waals surface area contributed by atoms with Gasteiger partial charge in [0.25, 0.3) is 0 Å². The zero-order chi connectivity index (χ0) is 12.5. The first-order chi connectivity index (χ1) is 8.93. The standard InChI is InChI=1S/C14H8S2.C2H6.CH3.Y/c1-3-7-11-9(5-1)13-14(15-11)10-6-2-4-8-12(10)16-13;1-2;;/h1-8H;1-2H3;1H3;/q;;-1;. The molecule has 3 heteroatoms. The maximum Gasteiger partial charge on any atom is 0.0542 e. The predicted molar refractivity (Wildman–Crippen MR) is 92.5 cm³/mol. The minimum Gasteiger partial charge on any atom is -0.358 e. The van der Waals surface area contributed by atoms with Crippen LogP contribution in [0.25, 0.3) is 29.6 Å². The minimum atomic E-state index is 0. The topological polar surface area (TPSA) is 0 Å². The Balaban J connectivity index is 0.000000481. The van der Waals surface area contributed by atoms with Gasteiger partial charge >= 0.3 is 0 Å². The molecule has 0 aliphatic heterocycles. The molecular weight excluding hydrogens is 357 g/mol. The molecule has 4 aromatic rings. The van der Waals surface area contributed by atoms with Crippen LogP contribution in [0.3, 0.4) is 0 Å². The predicted octanol–water partition coefficient (Wildman–Crippen LogP) is 6.74. The molecule has 4 rings (SSSR count). The van der Waals surface area contributed by atoms with Crippen molar-refractivity contribution in [2.24, 2.45) is 0 Å². The van der Waals surface area contributed by atoms with E-state index in [1.807, 2.05) is 36.5 Å². The maximum atomic E-state index is 2.23. The molecule has 101 valence electrons. The maximum absolute atomic E-state index is 2.23. The summed E-state index contributed by atoms with van der Waals surface area (Å²) in [7, 11) is 0. The van der Waals surface area contributed by atoms with Gasteiger partial charge in [0.05, 0.1) is 9.40 Å². The monoisotopic (exact) mass is 374 g/mol. The molecule has 0 fully saturated rings. The number of hydrogen-bond acceptors (Lipinski definition) is 2. The molecule has 2 aromatic carbocycles. The first-order valence-electron chi connectivity index (χ1n) is 6.22. The summed E-state index contributed by atoms with van der Waals surface area (Å²) in [6.07, 6.45) is 0. The van der Waals surface area contributed by atoms with Crippen molar-refractivity contribution in [1.29, 1.82) is 0 Å². The van der Waals surface area contributed by atoms with Gasteiger partial charge in [-0.05, 0) is 12.1 Å². The van der Waals surface area contributed by atoms with E-state index in [0.717, 1.165) is 0 Å². The first-order valence-corrected chi connectivity index (χ1v) is 7.85. The van der Waals surface area contributed by atoms with Gasteiger partial charge in [-0.25, -0.2) is 0 Å². The average Bonchev–Trinajstić information content (AvgIpc) is 2.97. The number of hydrogen-bond donors (Lipinski definition) is 0. The Labute approximate surface area is 153 Å². The van der Waals surface area contributed by atoms with Crippen LogP contribution in [-0.2, 0) is 32.7 Å². The van der Waals surface area contributed by atoms with E-state index in [-0.39, 0.29) is 40.1 Å². The fourth-order valence-electron chi connectivity index (χ4n) is 2.15. The molecule has 0 amide bonds. The van der Waals surface area contributed by atoms with Crippen molar-refractivity contribution in [2.75, 3.05) is 0 Å². The molecule has 2 heterocycles. The van der Waals surface area contributed by atoms with Crippen molar-refractivity contribution >= 4 is 52.2 Å². The Morgan fingerprint density at radius 2 is 1.00 bits per heavy atom. The largest absolute Gasteiger partial charge is 0.358 e. The van der Waals surface area contributed by atoms with E-state index in [4.69, 9.17) is 0 Å². The van der Waals surface area contributed by atoms with Gasteiger partial charge in [-0.1, -0.05) is 50.2 Å². The van der Waals surface area contributed by atoms with E-state index in [1.54, 1.807) is 0 Å². The van der Waals surface area contributed by atoms with Crippen molar-refractivity contribution in [3.05, 3.63) is 56.0 Å². The molecule has 0 saturated heterocycles. The number of fused-ring (bicyclic) bond motifs is 5. The molecule has 0 bridgehead atoms. The molecule has 0 spiro atoms. The Bertz CT molecular complexity index is 742. The second kappa shape index (κ2) is 7.65. The Morgan fingerprint density at radius 3 is 1.40 bits per heavy atom. The van der Waals surface area contributed by atoms with E-state index in [2.05, 4.69) is 48.5 Å². The summed E-state index contributed by atoms with van der Waals surface area (Å²) in [6.45, 7) is 4.00. The number of thiophene rings is 2.